The molecule has 43 heavy (non-hydrogen) atoms. The number of para-hydroxylation sites is 2. The molecule has 0 aliphatic carbocycles. The monoisotopic (exact) mass is 572 g/mol. The maximum atomic E-state index is 13.0. The molecule has 0 saturated heterocycles. The summed E-state index contributed by atoms with van der Waals surface area (Å²) in [4.78, 5) is 23.7. The van der Waals surface area contributed by atoms with Crippen LogP contribution in [0.2, 0.25) is 0 Å². The Labute approximate surface area is 252 Å². The zero-order valence-electron chi connectivity index (χ0n) is 24.7. The van der Waals surface area contributed by atoms with E-state index in [2.05, 4.69) is 103 Å². The van der Waals surface area contributed by atoms with Crippen molar-refractivity contribution in [2.45, 2.75) is 39.7 Å². The summed E-state index contributed by atoms with van der Waals surface area (Å²) in [6.45, 7) is 6.38. The molecule has 0 spiro atoms. The molecule has 1 aromatic heterocycles. The van der Waals surface area contributed by atoms with Crippen LogP contribution in [-0.2, 0) is 9.59 Å². The Kier molecular flexibility index (Phi) is 9.06. The summed E-state index contributed by atoms with van der Waals surface area (Å²) in [5.74, 6) is -0.625. The maximum Gasteiger partial charge on any atom is 0.303 e. The number of fused-ring (bicyclic) bond motifs is 1. The van der Waals surface area contributed by atoms with Gasteiger partial charge in [0.05, 0.1) is 18.3 Å². The second-order valence-corrected chi connectivity index (χ2v) is 10.9. The van der Waals surface area contributed by atoms with Gasteiger partial charge in [0.1, 0.15) is 5.75 Å². The summed E-state index contributed by atoms with van der Waals surface area (Å²) >= 11 is 0. The normalized spacial score (nSPS) is 11.6. The second-order valence-electron chi connectivity index (χ2n) is 10.9. The van der Waals surface area contributed by atoms with Crippen molar-refractivity contribution >= 4 is 34.0 Å². The molecule has 0 saturated carbocycles. The number of aryl methyl sites for hydroxylation is 2. The van der Waals surface area contributed by atoms with Gasteiger partial charge in [-0.3, -0.25) is 9.59 Å². The number of rotatable bonds is 11. The van der Waals surface area contributed by atoms with Gasteiger partial charge < -0.3 is 19.7 Å². The number of carboxylic acid groups (broad SMARTS) is 1. The smallest absolute Gasteiger partial charge is 0.303 e. The Morgan fingerprint density at radius 3 is 2.19 bits per heavy atom. The van der Waals surface area contributed by atoms with E-state index in [1.165, 1.54) is 22.3 Å². The highest BCUT2D eigenvalue weighted by molar-refractivity contribution is 6.05. The first-order chi connectivity index (χ1) is 20.8. The minimum absolute atomic E-state index is 0.0263. The van der Waals surface area contributed by atoms with E-state index >= 15 is 0 Å². The largest absolute Gasteiger partial charge is 0.491 e. The number of aliphatic carboxylic acids is 1. The van der Waals surface area contributed by atoms with E-state index < -0.39 is 5.97 Å². The molecule has 5 rings (SSSR count). The van der Waals surface area contributed by atoms with E-state index in [1.54, 1.807) is 18.2 Å². The quantitative estimate of drug-likeness (QED) is 0.124. The number of hydrogen-bond donors (Lipinski definition) is 2. The number of carbonyl (C=O) groups excluding carboxylic acids is 1. The van der Waals surface area contributed by atoms with Crippen LogP contribution in [0.25, 0.3) is 16.5 Å². The van der Waals surface area contributed by atoms with E-state index in [0.717, 1.165) is 22.0 Å². The van der Waals surface area contributed by atoms with Gasteiger partial charge in [-0.05, 0) is 79.8 Å². The lowest BCUT2D eigenvalue weighted by molar-refractivity contribution is -0.137. The van der Waals surface area contributed by atoms with E-state index in [-0.39, 0.29) is 25.0 Å². The van der Waals surface area contributed by atoms with Crippen molar-refractivity contribution in [3.63, 3.8) is 0 Å². The highest BCUT2D eigenvalue weighted by Crippen LogP contribution is 2.33. The molecule has 5 aromatic rings. The Morgan fingerprint density at radius 1 is 0.884 bits per heavy atom. The molecule has 6 heteroatoms. The summed E-state index contributed by atoms with van der Waals surface area (Å²) in [6.07, 6.45) is 4.14. The predicted molar refractivity (Wildman–Crippen MR) is 173 cm³/mol. The molecule has 0 fully saturated rings. The van der Waals surface area contributed by atoms with Crippen molar-refractivity contribution in [3.05, 3.63) is 137 Å². The number of nitrogens with one attached hydrogen (secondary N) is 1. The molecular weight excluding hydrogens is 536 g/mol. The number of amides is 1. The third-order valence-corrected chi connectivity index (χ3v) is 7.53. The van der Waals surface area contributed by atoms with E-state index in [4.69, 9.17) is 9.84 Å². The Morgan fingerprint density at radius 2 is 1.53 bits per heavy atom. The molecule has 1 heterocycles. The lowest BCUT2D eigenvalue weighted by atomic mass is 9.96. The Hall–Kier alpha value is -5.10. The molecule has 0 bridgehead atoms. The fraction of sp³-hybridized carbons (Fsp3) is 0.189. The zero-order valence-corrected chi connectivity index (χ0v) is 24.7. The summed E-state index contributed by atoms with van der Waals surface area (Å²) < 4.78 is 8.04. The molecule has 6 nitrogen and oxygen atoms in total. The SMILES string of the molecule is C/C(=C\C(=O)Nc1ccccc1OCCCC(=O)O)c1ccc2c(ccn2C(c2ccc(C)cc2)c2ccc(C)cc2)c1. The van der Waals surface area contributed by atoms with Gasteiger partial charge in [0.15, 0.2) is 0 Å². The number of carbonyl (C=O) groups is 2. The lowest BCUT2D eigenvalue weighted by Crippen LogP contribution is -2.11. The fourth-order valence-electron chi connectivity index (χ4n) is 5.20. The molecule has 0 radical (unpaired) electrons. The van der Waals surface area contributed by atoms with E-state index in [9.17, 15) is 9.59 Å². The van der Waals surface area contributed by atoms with Crippen LogP contribution in [0.4, 0.5) is 5.69 Å². The first-order valence-electron chi connectivity index (χ1n) is 14.5. The van der Waals surface area contributed by atoms with Gasteiger partial charge in [0.25, 0.3) is 0 Å². The molecule has 218 valence electrons. The maximum absolute atomic E-state index is 13.0. The first kappa shape index (κ1) is 29.4. The van der Waals surface area contributed by atoms with Crippen molar-refractivity contribution in [1.29, 1.82) is 0 Å². The van der Waals surface area contributed by atoms with Crippen molar-refractivity contribution in [3.8, 4) is 5.75 Å². The Bertz CT molecular complexity index is 1720. The number of ether oxygens (including phenoxy) is 1. The number of aromatic nitrogens is 1. The number of carboxylic acids is 1. The van der Waals surface area contributed by atoms with Gasteiger partial charge in [0, 0.05) is 29.6 Å². The molecule has 1 amide bonds. The van der Waals surface area contributed by atoms with Crippen molar-refractivity contribution in [1.82, 2.24) is 4.57 Å². The van der Waals surface area contributed by atoms with Gasteiger partial charge in [-0.1, -0.05) is 77.9 Å². The van der Waals surface area contributed by atoms with Crippen LogP contribution in [0.3, 0.4) is 0 Å². The minimum atomic E-state index is -0.863. The molecule has 0 atom stereocenters. The van der Waals surface area contributed by atoms with Crippen LogP contribution in [0.1, 0.15) is 53.6 Å². The van der Waals surface area contributed by atoms with Crippen molar-refractivity contribution in [2.75, 3.05) is 11.9 Å². The number of allylic oxidation sites excluding steroid dienone is 1. The number of anilines is 1. The van der Waals surface area contributed by atoms with Crippen LogP contribution in [-0.4, -0.2) is 28.2 Å². The third-order valence-electron chi connectivity index (χ3n) is 7.53. The average Bonchev–Trinajstić information content (AvgIpc) is 3.41. The average molecular weight is 573 g/mol. The van der Waals surface area contributed by atoms with Gasteiger partial charge in [0.2, 0.25) is 5.91 Å². The van der Waals surface area contributed by atoms with Crippen LogP contribution >= 0.6 is 0 Å². The van der Waals surface area contributed by atoms with E-state index in [1.807, 2.05) is 19.1 Å². The second kappa shape index (κ2) is 13.3. The molecule has 4 aromatic carbocycles. The summed E-state index contributed by atoms with van der Waals surface area (Å²) in [5, 5.41) is 12.8. The molecule has 0 unspecified atom stereocenters. The summed E-state index contributed by atoms with van der Waals surface area (Å²) in [7, 11) is 0. The molecule has 2 N–H and O–H groups in total. The predicted octanol–water partition coefficient (Wildman–Crippen LogP) is 8.18. The number of benzene rings is 4. The van der Waals surface area contributed by atoms with Crippen LogP contribution in [0.15, 0.2) is 109 Å². The van der Waals surface area contributed by atoms with Gasteiger partial charge in [-0.2, -0.15) is 0 Å². The van der Waals surface area contributed by atoms with Gasteiger partial charge in [-0.15, -0.1) is 0 Å². The fourth-order valence-corrected chi connectivity index (χ4v) is 5.20. The molecule has 0 aliphatic heterocycles. The zero-order chi connectivity index (χ0) is 30.3. The number of hydrogen-bond acceptors (Lipinski definition) is 3. The summed E-state index contributed by atoms with van der Waals surface area (Å²) in [5.41, 5.74) is 8.34. The highest BCUT2D eigenvalue weighted by Gasteiger charge is 2.18. The highest BCUT2D eigenvalue weighted by atomic mass is 16.5. The van der Waals surface area contributed by atoms with Crippen molar-refractivity contribution in [2.24, 2.45) is 0 Å². The lowest BCUT2D eigenvalue weighted by Gasteiger charge is -2.22. The van der Waals surface area contributed by atoms with Gasteiger partial charge >= 0.3 is 5.97 Å². The standard InChI is InChI=1S/C37H36N2O4/c1-25-10-14-28(15-11-25)37(29-16-12-26(2)13-17-29)39-21-20-31-24-30(18-19-33(31)39)27(3)23-35(40)38-32-7-4-5-8-34(32)43-22-6-9-36(41)42/h4-5,7-8,10-21,23-24,37H,6,9,22H2,1-3H3,(H,38,40)(H,41,42)/b27-23+. The summed E-state index contributed by atoms with van der Waals surface area (Å²) in [6, 6.07) is 33.0. The van der Waals surface area contributed by atoms with Crippen LogP contribution < -0.4 is 10.1 Å². The van der Waals surface area contributed by atoms with Gasteiger partial charge in [-0.25, -0.2) is 0 Å². The first-order valence-corrected chi connectivity index (χ1v) is 14.5. The van der Waals surface area contributed by atoms with Crippen LogP contribution in [0, 0.1) is 13.8 Å². The molecular formula is C37H36N2O4. The topological polar surface area (TPSA) is 80.6 Å². The molecule has 0 aliphatic rings. The van der Waals surface area contributed by atoms with Crippen molar-refractivity contribution < 1.29 is 19.4 Å². The number of nitrogens with zero attached hydrogens (tertiary/aromatic N) is 1. The van der Waals surface area contributed by atoms with Crippen LogP contribution in [0.5, 0.6) is 5.75 Å². The third kappa shape index (κ3) is 7.22. The van der Waals surface area contributed by atoms with E-state index in [0.29, 0.717) is 17.9 Å². The minimum Gasteiger partial charge on any atom is -0.491 e. The Balaban J connectivity index is 1.37.